The summed E-state index contributed by atoms with van der Waals surface area (Å²) in [5, 5.41) is 5.92. The van der Waals surface area contributed by atoms with E-state index in [-0.39, 0.29) is 5.91 Å². The van der Waals surface area contributed by atoms with E-state index in [1.165, 1.54) is 5.56 Å². The summed E-state index contributed by atoms with van der Waals surface area (Å²) in [6.45, 7) is 3.07. The summed E-state index contributed by atoms with van der Waals surface area (Å²) in [6, 6.07) is 2.57. The van der Waals surface area contributed by atoms with Crippen molar-refractivity contribution >= 4 is 5.91 Å². The van der Waals surface area contributed by atoms with Crippen LogP contribution in [0.15, 0.2) is 18.5 Å². The minimum Gasteiger partial charge on any atom is -0.359 e. The van der Waals surface area contributed by atoms with Gasteiger partial charge in [0.25, 0.3) is 0 Å². The predicted molar refractivity (Wildman–Crippen MR) is 69.8 cm³/mol. The minimum atomic E-state index is 0.110. The van der Waals surface area contributed by atoms with Crippen LogP contribution in [0.3, 0.4) is 0 Å². The highest BCUT2D eigenvalue weighted by Crippen LogP contribution is 2.16. The van der Waals surface area contributed by atoms with Gasteiger partial charge < -0.3 is 15.2 Å². The third-order valence-electron chi connectivity index (χ3n) is 3.03. The molecule has 1 aromatic heterocycles. The van der Waals surface area contributed by atoms with Crippen molar-refractivity contribution in [2.24, 2.45) is 0 Å². The van der Waals surface area contributed by atoms with Gasteiger partial charge in [-0.15, -0.1) is 0 Å². The molecule has 4 heteroatoms. The maximum Gasteiger partial charge on any atom is 0.219 e. The molecule has 0 saturated heterocycles. The van der Waals surface area contributed by atoms with Crippen LogP contribution in [0.4, 0.5) is 0 Å². The SMILES string of the molecule is CCC(NC)c1ccn(CCCC(=O)NC)c1. The van der Waals surface area contributed by atoms with Crippen molar-refractivity contribution in [1.29, 1.82) is 0 Å². The van der Waals surface area contributed by atoms with Crippen LogP contribution < -0.4 is 10.6 Å². The predicted octanol–water partition coefficient (Wildman–Crippen LogP) is 1.68. The summed E-state index contributed by atoms with van der Waals surface area (Å²) < 4.78 is 2.15. The Kier molecular flexibility index (Phi) is 5.77. The van der Waals surface area contributed by atoms with E-state index in [1.54, 1.807) is 7.05 Å². The zero-order chi connectivity index (χ0) is 12.7. The molecule has 0 aliphatic carbocycles. The molecule has 0 aromatic carbocycles. The molecule has 0 spiro atoms. The van der Waals surface area contributed by atoms with Crippen LogP contribution in [0.1, 0.15) is 37.8 Å². The second kappa shape index (κ2) is 7.12. The van der Waals surface area contributed by atoms with Gasteiger partial charge in [-0.3, -0.25) is 4.79 Å². The standard InChI is InChI=1S/C13H23N3O/c1-4-12(14-2)11-7-9-16(10-11)8-5-6-13(17)15-3/h7,9-10,12,14H,4-6,8H2,1-3H3,(H,15,17). The molecule has 0 aliphatic rings. The van der Waals surface area contributed by atoms with Gasteiger partial charge in [-0.25, -0.2) is 0 Å². The second-order valence-corrected chi connectivity index (χ2v) is 4.21. The van der Waals surface area contributed by atoms with Gasteiger partial charge in [0, 0.05) is 38.4 Å². The Labute approximate surface area is 103 Å². The maximum absolute atomic E-state index is 11.1. The average molecular weight is 237 g/mol. The van der Waals surface area contributed by atoms with Crippen molar-refractivity contribution in [3.8, 4) is 0 Å². The number of amides is 1. The Hall–Kier alpha value is -1.29. The number of carbonyl (C=O) groups is 1. The molecule has 1 heterocycles. The first-order valence-electron chi connectivity index (χ1n) is 6.24. The lowest BCUT2D eigenvalue weighted by molar-refractivity contribution is -0.120. The maximum atomic E-state index is 11.1. The van der Waals surface area contributed by atoms with Crippen molar-refractivity contribution < 1.29 is 4.79 Å². The summed E-state index contributed by atoms with van der Waals surface area (Å²) in [5.41, 5.74) is 1.31. The molecular formula is C13H23N3O. The van der Waals surface area contributed by atoms with E-state index in [2.05, 4.69) is 40.6 Å². The zero-order valence-electron chi connectivity index (χ0n) is 11.0. The molecule has 1 aromatic rings. The molecule has 0 fully saturated rings. The Morgan fingerprint density at radius 3 is 2.82 bits per heavy atom. The number of carbonyl (C=O) groups excluding carboxylic acids is 1. The van der Waals surface area contributed by atoms with Crippen LogP contribution in [0.25, 0.3) is 0 Å². The first-order valence-corrected chi connectivity index (χ1v) is 6.24. The summed E-state index contributed by atoms with van der Waals surface area (Å²) in [6.07, 6.45) is 6.80. The first kappa shape index (κ1) is 13.8. The minimum absolute atomic E-state index is 0.110. The fourth-order valence-corrected chi connectivity index (χ4v) is 1.96. The third-order valence-corrected chi connectivity index (χ3v) is 3.03. The monoisotopic (exact) mass is 237 g/mol. The Balaban J connectivity index is 2.43. The lowest BCUT2D eigenvalue weighted by Crippen LogP contribution is -2.17. The van der Waals surface area contributed by atoms with Crippen LogP contribution in [-0.2, 0) is 11.3 Å². The number of nitrogens with one attached hydrogen (secondary N) is 2. The third kappa shape index (κ3) is 4.23. The fourth-order valence-electron chi connectivity index (χ4n) is 1.96. The second-order valence-electron chi connectivity index (χ2n) is 4.21. The number of hydrogen-bond acceptors (Lipinski definition) is 2. The summed E-state index contributed by atoms with van der Waals surface area (Å²) in [4.78, 5) is 11.1. The lowest BCUT2D eigenvalue weighted by Gasteiger charge is -2.11. The Morgan fingerprint density at radius 2 is 2.24 bits per heavy atom. The number of rotatable bonds is 7. The number of nitrogens with zero attached hydrogens (tertiary/aromatic N) is 1. The number of aromatic nitrogens is 1. The van der Waals surface area contributed by atoms with Crippen LogP contribution in [0.5, 0.6) is 0 Å². The van der Waals surface area contributed by atoms with Gasteiger partial charge in [0.1, 0.15) is 0 Å². The molecule has 17 heavy (non-hydrogen) atoms. The van der Waals surface area contributed by atoms with E-state index in [4.69, 9.17) is 0 Å². The zero-order valence-corrected chi connectivity index (χ0v) is 11.0. The van der Waals surface area contributed by atoms with Gasteiger partial charge in [-0.1, -0.05) is 6.92 Å². The van der Waals surface area contributed by atoms with Crippen molar-refractivity contribution in [2.45, 2.75) is 38.8 Å². The average Bonchev–Trinajstić information content (AvgIpc) is 2.79. The highest BCUT2D eigenvalue weighted by Gasteiger charge is 2.07. The molecular weight excluding hydrogens is 214 g/mol. The van der Waals surface area contributed by atoms with Crippen molar-refractivity contribution in [3.05, 3.63) is 24.0 Å². The quantitative estimate of drug-likeness (QED) is 0.758. The number of aryl methyl sites for hydroxylation is 1. The van der Waals surface area contributed by atoms with E-state index in [0.717, 1.165) is 19.4 Å². The van der Waals surface area contributed by atoms with Crippen molar-refractivity contribution in [2.75, 3.05) is 14.1 Å². The number of hydrogen-bond donors (Lipinski definition) is 2. The molecule has 96 valence electrons. The highest BCUT2D eigenvalue weighted by molar-refractivity contribution is 5.75. The molecule has 1 atom stereocenters. The fraction of sp³-hybridized carbons (Fsp3) is 0.615. The molecule has 0 radical (unpaired) electrons. The Bertz CT molecular complexity index is 342. The van der Waals surface area contributed by atoms with Gasteiger partial charge in [-0.2, -0.15) is 0 Å². The van der Waals surface area contributed by atoms with Crippen molar-refractivity contribution in [3.63, 3.8) is 0 Å². The summed E-state index contributed by atoms with van der Waals surface area (Å²) >= 11 is 0. The lowest BCUT2D eigenvalue weighted by atomic mass is 10.1. The van der Waals surface area contributed by atoms with E-state index >= 15 is 0 Å². The smallest absolute Gasteiger partial charge is 0.219 e. The molecule has 1 rings (SSSR count). The topological polar surface area (TPSA) is 46.1 Å². The summed E-state index contributed by atoms with van der Waals surface area (Å²) in [5.74, 6) is 0.110. The first-order chi connectivity index (χ1) is 8.21. The molecule has 2 N–H and O–H groups in total. The van der Waals surface area contributed by atoms with Gasteiger partial charge in [-0.05, 0) is 31.5 Å². The van der Waals surface area contributed by atoms with E-state index in [0.29, 0.717) is 12.5 Å². The van der Waals surface area contributed by atoms with Gasteiger partial charge in [0.15, 0.2) is 0 Å². The Morgan fingerprint density at radius 1 is 1.47 bits per heavy atom. The summed E-state index contributed by atoms with van der Waals surface area (Å²) in [7, 11) is 3.66. The molecule has 0 saturated carbocycles. The van der Waals surface area contributed by atoms with Crippen LogP contribution in [-0.4, -0.2) is 24.6 Å². The normalized spacial score (nSPS) is 12.4. The molecule has 1 amide bonds. The van der Waals surface area contributed by atoms with E-state index in [1.807, 2.05) is 7.05 Å². The largest absolute Gasteiger partial charge is 0.359 e. The van der Waals surface area contributed by atoms with Crippen molar-refractivity contribution in [1.82, 2.24) is 15.2 Å². The van der Waals surface area contributed by atoms with Gasteiger partial charge in [0.2, 0.25) is 5.91 Å². The van der Waals surface area contributed by atoms with E-state index in [9.17, 15) is 4.79 Å². The van der Waals surface area contributed by atoms with Gasteiger partial charge in [0.05, 0.1) is 0 Å². The van der Waals surface area contributed by atoms with Crippen LogP contribution in [0.2, 0.25) is 0 Å². The molecule has 0 bridgehead atoms. The van der Waals surface area contributed by atoms with Crippen LogP contribution in [0, 0.1) is 0 Å². The highest BCUT2D eigenvalue weighted by atomic mass is 16.1. The molecule has 0 aliphatic heterocycles. The molecule has 4 nitrogen and oxygen atoms in total. The molecule has 1 unspecified atom stereocenters. The van der Waals surface area contributed by atoms with E-state index < -0.39 is 0 Å². The van der Waals surface area contributed by atoms with Gasteiger partial charge >= 0.3 is 0 Å². The van der Waals surface area contributed by atoms with Crippen LogP contribution >= 0.6 is 0 Å².